The number of hydrogen-bond acceptors (Lipinski definition) is 10. The number of nitrogens with zero attached hydrogens (tertiary/aromatic N) is 6. The lowest BCUT2D eigenvalue weighted by molar-refractivity contribution is 0.117. The van der Waals surface area contributed by atoms with Crippen molar-refractivity contribution in [1.29, 1.82) is 5.26 Å². The molecule has 1 aromatic carbocycles. The predicted octanol–water partition coefficient (Wildman–Crippen LogP) is 3.98. The molecule has 3 N–H and O–H groups in total. The van der Waals surface area contributed by atoms with E-state index in [-0.39, 0.29) is 12.2 Å². The van der Waals surface area contributed by atoms with Gasteiger partial charge in [-0.3, -0.25) is 4.90 Å². The highest BCUT2D eigenvalue weighted by molar-refractivity contribution is 5.68. The van der Waals surface area contributed by atoms with E-state index in [4.69, 9.17) is 25.0 Å². The quantitative estimate of drug-likeness (QED) is 0.434. The van der Waals surface area contributed by atoms with Gasteiger partial charge in [-0.1, -0.05) is 11.2 Å². The van der Waals surface area contributed by atoms with Crippen LogP contribution < -0.4 is 15.4 Å². The Balaban J connectivity index is 1.30. The summed E-state index contributed by atoms with van der Waals surface area (Å²) < 4.78 is 12.7. The number of piperidine rings is 1. The van der Waals surface area contributed by atoms with E-state index in [0.29, 0.717) is 60.6 Å². The molecule has 2 fully saturated rings. The first kappa shape index (κ1) is 27.2. The molecule has 3 aromatic rings. The zero-order valence-electron chi connectivity index (χ0n) is 24.5. The maximum Gasteiger partial charge on any atom is 0.219 e. The lowest BCUT2D eigenvalue weighted by Crippen LogP contribution is -2.38. The number of nitrogen functional groups attached to an aromatic ring is 1. The standard InChI is InChI=1S/C32H39N7O3/c1-19(25-6-4-14-38(25)2)41-27-17-26(39-15-10-21(40)11-16-39)35-31(36-27)29-22-5-3-12-32(30(22)42-37-29)13-9-20-7-8-24(34)23(18-33)28(20)32/h7-8,17,19,21,25,40H,3-6,9-16,34H2,1-2H3. The van der Waals surface area contributed by atoms with Crippen LogP contribution in [0, 0.1) is 11.3 Å². The molecule has 2 aliphatic heterocycles. The van der Waals surface area contributed by atoms with Gasteiger partial charge in [0.05, 0.1) is 17.1 Å². The molecule has 220 valence electrons. The van der Waals surface area contributed by atoms with Crippen LogP contribution in [-0.4, -0.2) is 70.1 Å². The molecule has 2 saturated heterocycles. The molecule has 0 amide bonds. The van der Waals surface area contributed by atoms with Crippen LogP contribution in [-0.2, 0) is 18.3 Å². The number of hydrogen-bond donors (Lipinski definition) is 2. The Hall–Kier alpha value is -3.68. The van der Waals surface area contributed by atoms with Crippen LogP contribution in [0.4, 0.5) is 11.5 Å². The maximum atomic E-state index is 10.1. The summed E-state index contributed by atoms with van der Waals surface area (Å²) in [6.07, 6.45) is 7.72. The minimum atomic E-state index is -0.421. The fourth-order valence-electron chi connectivity index (χ4n) is 7.90. The first-order chi connectivity index (χ1) is 20.4. The topological polar surface area (TPSA) is 138 Å². The SMILES string of the molecule is CC(Oc1cc(N2CCC(O)CC2)nc(-c2noc3c2CCCC32CCc3ccc(N)c(C#N)c32)n1)C1CCCN1C. The second-order valence-electron chi connectivity index (χ2n) is 12.6. The lowest BCUT2D eigenvalue weighted by Gasteiger charge is -2.33. The Kier molecular flexibility index (Phi) is 6.82. The monoisotopic (exact) mass is 569 g/mol. The van der Waals surface area contributed by atoms with Gasteiger partial charge >= 0.3 is 0 Å². The summed E-state index contributed by atoms with van der Waals surface area (Å²) in [7, 11) is 2.15. The average Bonchev–Trinajstić information content (AvgIpc) is 3.72. The summed E-state index contributed by atoms with van der Waals surface area (Å²) in [6.45, 7) is 4.62. The van der Waals surface area contributed by atoms with E-state index < -0.39 is 5.41 Å². The van der Waals surface area contributed by atoms with Crippen molar-refractivity contribution in [2.24, 2.45) is 0 Å². The van der Waals surface area contributed by atoms with Gasteiger partial charge in [-0.2, -0.15) is 10.2 Å². The molecule has 0 radical (unpaired) electrons. The van der Waals surface area contributed by atoms with Crippen LogP contribution >= 0.6 is 0 Å². The van der Waals surface area contributed by atoms with Gasteiger partial charge in [0.25, 0.3) is 0 Å². The summed E-state index contributed by atoms with van der Waals surface area (Å²) in [5.74, 6) is 2.63. The molecule has 42 heavy (non-hydrogen) atoms. The molecule has 3 unspecified atom stereocenters. The van der Waals surface area contributed by atoms with Crippen LogP contribution in [0.25, 0.3) is 11.5 Å². The van der Waals surface area contributed by atoms with Crippen molar-refractivity contribution in [2.75, 3.05) is 37.3 Å². The summed E-state index contributed by atoms with van der Waals surface area (Å²) in [5.41, 5.74) is 10.8. The fourth-order valence-corrected chi connectivity index (χ4v) is 7.90. The first-order valence-corrected chi connectivity index (χ1v) is 15.4. The Morgan fingerprint density at radius 2 is 1.98 bits per heavy atom. The van der Waals surface area contributed by atoms with Crippen molar-refractivity contribution in [3.63, 3.8) is 0 Å². The van der Waals surface area contributed by atoms with E-state index in [1.165, 1.54) is 12.0 Å². The molecule has 7 rings (SSSR count). The molecule has 4 heterocycles. The van der Waals surface area contributed by atoms with Crippen LogP contribution in [0.3, 0.4) is 0 Å². The molecular formula is C32H39N7O3. The molecule has 1 spiro atoms. The zero-order valence-corrected chi connectivity index (χ0v) is 24.5. The number of likely N-dealkylation sites (tertiary alicyclic amines) is 1. The summed E-state index contributed by atoms with van der Waals surface area (Å²) in [5, 5.41) is 24.8. The number of aryl methyl sites for hydroxylation is 1. The Morgan fingerprint density at radius 1 is 1.14 bits per heavy atom. The van der Waals surface area contributed by atoms with Crippen molar-refractivity contribution < 1.29 is 14.4 Å². The number of anilines is 2. The van der Waals surface area contributed by atoms with E-state index in [9.17, 15) is 10.4 Å². The van der Waals surface area contributed by atoms with Gasteiger partial charge in [-0.05, 0) is 95.5 Å². The van der Waals surface area contributed by atoms with Gasteiger partial charge in [0.1, 0.15) is 18.0 Å². The number of likely N-dealkylation sites (N-methyl/N-ethyl adjacent to an activating group) is 1. The van der Waals surface area contributed by atoms with Gasteiger partial charge < -0.3 is 25.0 Å². The first-order valence-electron chi connectivity index (χ1n) is 15.4. The van der Waals surface area contributed by atoms with Gasteiger partial charge in [0.15, 0.2) is 17.3 Å². The molecule has 4 aliphatic rings. The van der Waals surface area contributed by atoms with E-state index in [2.05, 4.69) is 41.1 Å². The smallest absolute Gasteiger partial charge is 0.219 e. The molecule has 0 saturated carbocycles. The molecular weight excluding hydrogens is 530 g/mol. The third kappa shape index (κ3) is 4.41. The highest BCUT2D eigenvalue weighted by Gasteiger charge is 2.49. The fraction of sp³-hybridized carbons (Fsp3) is 0.562. The van der Waals surface area contributed by atoms with Crippen LogP contribution in [0.1, 0.15) is 79.9 Å². The van der Waals surface area contributed by atoms with E-state index >= 15 is 0 Å². The number of nitriles is 1. The van der Waals surface area contributed by atoms with Crippen LogP contribution in [0.5, 0.6) is 5.88 Å². The van der Waals surface area contributed by atoms with Crippen molar-refractivity contribution in [3.05, 3.63) is 46.2 Å². The van der Waals surface area contributed by atoms with Crippen molar-refractivity contribution in [2.45, 2.75) is 88.4 Å². The third-order valence-electron chi connectivity index (χ3n) is 10.1. The van der Waals surface area contributed by atoms with E-state index in [1.54, 1.807) is 0 Å². The van der Waals surface area contributed by atoms with Gasteiger partial charge in [0, 0.05) is 36.4 Å². The van der Waals surface area contributed by atoms with Crippen LogP contribution in [0.15, 0.2) is 22.7 Å². The van der Waals surface area contributed by atoms with E-state index in [1.807, 2.05) is 12.1 Å². The summed E-state index contributed by atoms with van der Waals surface area (Å²) in [6, 6.07) is 8.54. The minimum Gasteiger partial charge on any atom is -0.473 e. The van der Waals surface area contributed by atoms with E-state index in [0.717, 1.165) is 67.8 Å². The van der Waals surface area contributed by atoms with Crippen molar-refractivity contribution >= 4 is 11.5 Å². The normalized spacial score (nSPS) is 24.9. The largest absolute Gasteiger partial charge is 0.473 e. The third-order valence-corrected chi connectivity index (χ3v) is 10.1. The Morgan fingerprint density at radius 3 is 2.74 bits per heavy atom. The van der Waals surface area contributed by atoms with Gasteiger partial charge in [-0.25, -0.2) is 4.98 Å². The molecule has 3 atom stereocenters. The number of ether oxygens (including phenoxy) is 1. The second kappa shape index (κ2) is 10.5. The number of rotatable bonds is 5. The summed E-state index contributed by atoms with van der Waals surface area (Å²) >= 11 is 0. The summed E-state index contributed by atoms with van der Waals surface area (Å²) in [4.78, 5) is 14.5. The van der Waals surface area contributed by atoms with Crippen molar-refractivity contribution in [3.8, 4) is 23.5 Å². The Labute approximate surface area is 246 Å². The van der Waals surface area contributed by atoms with Crippen LogP contribution in [0.2, 0.25) is 0 Å². The number of fused-ring (bicyclic) bond motifs is 4. The van der Waals surface area contributed by atoms with Gasteiger partial charge in [0.2, 0.25) is 5.88 Å². The lowest BCUT2D eigenvalue weighted by atomic mass is 9.68. The maximum absolute atomic E-state index is 10.1. The highest BCUT2D eigenvalue weighted by Crippen LogP contribution is 2.54. The number of aliphatic hydroxyl groups is 1. The average molecular weight is 570 g/mol. The molecule has 10 heteroatoms. The number of aliphatic hydroxyl groups excluding tert-OH is 1. The molecule has 2 aromatic heterocycles. The second-order valence-corrected chi connectivity index (χ2v) is 12.6. The minimum absolute atomic E-state index is 0.0318. The van der Waals surface area contributed by atoms with Crippen molar-refractivity contribution in [1.82, 2.24) is 20.0 Å². The number of aromatic nitrogens is 3. The molecule has 2 aliphatic carbocycles. The molecule has 0 bridgehead atoms. The molecule has 10 nitrogen and oxygen atoms in total. The Bertz CT molecular complexity index is 1540. The number of nitrogens with two attached hydrogens (primary N) is 1. The van der Waals surface area contributed by atoms with Gasteiger partial charge in [-0.15, -0.1) is 0 Å². The highest BCUT2D eigenvalue weighted by atomic mass is 16.5. The zero-order chi connectivity index (χ0) is 29.0. The predicted molar refractivity (Wildman–Crippen MR) is 158 cm³/mol. The number of benzene rings is 1.